The van der Waals surface area contributed by atoms with Crippen LogP contribution in [0.15, 0.2) is 48.5 Å². The molecule has 0 spiro atoms. The molecular formula is C44H75N5O13. The molecule has 0 saturated carbocycles. The van der Waals surface area contributed by atoms with Crippen LogP contribution in [-0.2, 0) is 20.6 Å². The summed E-state index contributed by atoms with van der Waals surface area (Å²) in [6, 6.07) is 13.6. The van der Waals surface area contributed by atoms with Gasteiger partial charge in [0.2, 0.25) is 0 Å². The molecule has 18 nitrogen and oxygen atoms in total. The van der Waals surface area contributed by atoms with Gasteiger partial charge >= 0.3 is 12.1 Å². The minimum Gasteiger partial charge on any atom is -0.400 e. The Kier molecular flexibility index (Phi) is 27.4. The second kappa shape index (κ2) is 31.2. The van der Waals surface area contributed by atoms with Gasteiger partial charge in [-0.05, 0) is 54.8 Å². The topological polar surface area (TPSA) is 298 Å². The molecule has 2 heterocycles. The number of nitrogens with one attached hydrogen (secondary N) is 4. The van der Waals surface area contributed by atoms with Crippen LogP contribution in [0.2, 0.25) is 0 Å². The second-order valence-electron chi connectivity index (χ2n) is 15.5. The fraction of sp³-hybridized carbons (Fsp3) is 0.682. The first-order chi connectivity index (χ1) is 29.9. The average Bonchev–Trinajstić information content (AvgIpc) is 3.27. The van der Waals surface area contributed by atoms with E-state index in [1.165, 1.54) is 57.8 Å². The number of hydrogen-bond donors (Lipinski definition) is 13. The molecule has 14 N–H and O–H groups in total. The third kappa shape index (κ3) is 19.4. The lowest BCUT2D eigenvalue weighted by Crippen LogP contribution is -2.64. The smallest absolute Gasteiger partial charge is 0.319 e. The van der Waals surface area contributed by atoms with Gasteiger partial charge in [0, 0.05) is 43.7 Å². The van der Waals surface area contributed by atoms with Crippen LogP contribution < -0.4 is 27.0 Å². The lowest BCUT2D eigenvalue weighted by Gasteiger charge is -2.46. The Balaban J connectivity index is 0.000000526. The summed E-state index contributed by atoms with van der Waals surface area (Å²) in [4.78, 5) is 23.7. The molecule has 2 aliphatic heterocycles. The van der Waals surface area contributed by atoms with E-state index in [0.717, 1.165) is 44.2 Å². The van der Waals surface area contributed by atoms with E-state index in [9.17, 15) is 45.3 Å². The molecule has 0 aromatic heterocycles. The number of aliphatic hydroxyl groups is 8. The number of unbranched alkanes of at least 4 members (excludes halogenated alkanes) is 10. The van der Waals surface area contributed by atoms with Crippen molar-refractivity contribution >= 4 is 29.1 Å². The van der Waals surface area contributed by atoms with Crippen molar-refractivity contribution in [2.45, 2.75) is 159 Å². The quantitative estimate of drug-likeness (QED) is 0.0598. The van der Waals surface area contributed by atoms with Crippen LogP contribution in [0.4, 0.5) is 26.7 Å². The molecule has 2 aromatic carbocycles. The third-order valence-corrected chi connectivity index (χ3v) is 10.6. The summed E-state index contributed by atoms with van der Waals surface area (Å²) in [5.41, 5.74) is 8.35. The van der Waals surface area contributed by atoms with Gasteiger partial charge in [0.15, 0.2) is 6.29 Å². The minimum atomic E-state index is -1.72. The number of anilines is 3. The standard InChI is InChI=1S/C28H46N2O11.C15H25N3O.CH4O/c1-2-3-4-5-6-7-12-29-28(38)30-17-10-8-16(9-11-17)13-18-21(33)24(36)26(20(15-32)39-18)41-27-25(37)23(35)22(34)19(14-31)40-27;1-2-3-4-5-6-7-12-17-15(19)18-14-10-8-13(16)9-11-14;1-2/h8-11,18-27,31-37H,2-7,12-15H2,1H3,(H2,29,30,38);8-11H,2-7,12,16H2,1H3,(H2,17,18,19);2H,1H3/t18-,19?,20?,21?,22-,23?,24+,25-,26+,27?;;/m0../s1. The maximum absolute atomic E-state index is 12.2. The molecular weight excluding hydrogens is 807 g/mol. The summed E-state index contributed by atoms with van der Waals surface area (Å²) in [6.07, 6.45) is 0.140. The number of benzene rings is 2. The molecule has 5 unspecified atom stereocenters. The largest absolute Gasteiger partial charge is 0.400 e. The highest BCUT2D eigenvalue weighted by Crippen LogP contribution is 2.30. The van der Waals surface area contributed by atoms with Gasteiger partial charge in [-0.15, -0.1) is 0 Å². The molecule has 62 heavy (non-hydrogen) atoms. The maximum atomic E-state index is 12.2. The number of ether oxygens (including phenoxy) is 3. The molecule has 0 bridgehead atoms. The first kappa shape index (κ1) is 54.5. The third-order valence-electron chi connectivity index (χ3n) is 10.6. The molecule has 2 aromatic rings. The zero-order valence-corrected chi connectivity index (χ0v) is 36.6. The second-order valence-corrected chi connectivity index (χ2v) is 15.5. The van der Waals surface area contributed by atoms with Crippen molar-refractivity contribution in [3.05, 3.63) is 54.1 Å². The van der Waals surface area contributed by atoms with E-state index in [4.69, 9.17) is 25.1 Å². The summed E-state index contributed by atoms with van der Waals surface area (Å²) in [6.45, 7) is 4.45. The first-order valence-corrected chi connectivity index (χ1v) is 22.0. The first-order valence-electron chi connectivity index (χ1n) is 22.0. The van der Waals surface area contributed by atoms with Crippen LogP contribution in [0.1, 0.15) is 96.5 Å². The number of rotatable bonds is 22. The van der Waals surface area contributed by atoms with Gasteiger partial charge < -0.3 is 82.1 Å². The lowest BCUT2D eigenvalue weighted by molar-refractivity contribution is -0.342. The van der Waals surface area contributed by atoms with Crippen molar-refractivity contribution in [1.29, 1.82) is 0 Å². The number of carbonyl (C=O) groups is 2. The summed E-state index contributed by atoms with van der Waals surface area (Å²) in [5, 5.41) is 89.3. The molecule has 0 aliphatic carbocycles. The summed E-state index contributed by atoms with van der Waals surface area (Å²) < 4.78 is 16.7. The summed E-state index contributed by atoms with van der Waals surface area (Å²) in [7, 11) is 1.00. The van der Waals surface area contributed by atoms with Gasteiger partial charge in [-0.25, -0.2) is 9.59 Å². The maximum Gasteiger partial charge on any atom is 0.319 e. The van der Waals surface area contributed by atoms with Gasteiger partial charge in [-0.2, -0.15) is 0 Å². The van der Waals surface area contributed by atoms with E-state index in [0.29, 0.717) is 17.9 Å². The van der Waals surface area contributed by atoms with Crippen molar-refractivity contribution < 1.29 is 64.7 Å². The van der Waals surface area contributed by atoms with E-state index in [1.807, 2.05) is 0 Å². The molecule has 18 heteroatoms. The zero-order chi connectivity index (χ0) is 45.9. The van der Waals surface area contributed by atoms with E-state index in [-0.39, 0.29) is 18.5 Å². The molecule has 2 saturated heterocycles. The Labute approximate surface area is 366 Å². The lowest BCUT2D eigenvalue weighted by atomic mass is 9.91. The SMILES string of the molecule is CCCCCCCCNC(=O)Nc1ccc(C[C@@H]2OC(CO)[C@@H](OC3OC(CO)[C@H](O)C(O)[C@@H]3O)[C@H](O)C2O)cc1.CCCCCCCCNC(=O)Nc1ccc(N)cc1.CO. The number of nitrogen functional groups attached to an aromatic ring is 1. The van der Waals surface area contributed by atoms with Crippen LogP contribution in [0.3, 0.4) is 0 Å². The van der Waals surface area contributed by atoms with E-state index < -0.39 is 74.4 Å². The number of nitrogens with two attached hydrogens (primary N) is 1. The van der Waals surface area contributed by atoms with Gasteiger partial charge in [0.05, 0.1) is 19.3 Å². The summed E-state index contributed by atoms with van der Waals surface area (Å²) in [5.74, 6) is 0. The average molecular weight is 882 g/mol. The van der Waals surface area contributed by atoms with Gasteiger partial charge in [0.25, 0.3) is 0 Å². The number of aliphatic hydroxyl groups excluding tert-OH is 8. The van der Waals surface area contributed by atoms with E-state index in [2.05, 4.69) is 35.1 Å². The predicted molar refractivity (Wildman–Crippen MR) is 236 cm³/mol. The van der Waals surface area contributed by atoms with Crippen LogP contribution in [-0.4, -0.2) is 148 Å². The van der Waals surface area contributed by atoms with Crippen LogP contribution in [0, 0.1) is 0 Å². The normalized spacial score (nSPS) is 25.6. The molecule has 354 valence electrons. The highest BCUT2D eigenvalue weighted by Gasteiger charge is 2.50. The van der Waals surface area contributed by atoms with Gasteiger partial charge in [-0.3, -0.25) is 0 Å². The fourth-order valence-electron chi connectivity index (χ4n) is 6.92. The predicted octanol–water partition coefficient (Wildman–Crippen LogP) is 2.74. The van der Waals surface area contributed by atoms with Crippen LogP contribution in [0.25, 0.3) is 0 Å². The highest BCUT2D eigenvalue weighted by molar-refractivity contribution is 5.89. The Morgan fingerprint density at radius 2 is 1.03 bits per heavy atom. The Morgan fingerprint density at radius 1 is 0.581 bits per heavy atom. The molecule has 2 aliphatic rings. The Hall–Kier alpha value is -3.66. The minimum absolute atomic E-state index is 0.154. The van der Waals surface area contributed by atoms with Crippen molar-refractivity contribution in [3.63, 3.8) is 0 Å². The molecule has 2 fully saturated rings. The summed E-state index contributed by atoms with van der Waals surface area (Å²) >= 11 is 0. The van der Waals surface area contributed by atoms with E-state index in [1.54, 1.807) is 48.5 Å². The fourth-order valence-corrected chi connectivity index (χ4v) is 6.92. The van der Waals surface area contributed by atoms with Crippen LogP contribution >= 0.6 is 0 Å². The molecule has 10 atom stereocenters. The zero-order valence-electron chi connectivity index (χ0n) is 36.6. The van der Waals surface area contributed by atoms with Crippen molar-refractivity contribution in [2.24, 2.45) is 0 Å². The van der Waals surface area contributed by atoms with Gasteiger partial charge in [0.1, 0.15) is 48.8 Å². The van der Waals surface area contributed by atoms with Gasteiger partial charge in [-0.1, -0.05) is 90.2 Å². The van der Waals surface area contributed by atoms with Crippen LogP contribution in [0.5, 0.6) is 0 Å². The molecule has 0 radical (unpaired) electrons. The number of carbonyl (C=O) groups excluding carboxylic acids is 2. The number of hydrogen-bond acceptors (Lipinski definition) is 14. The van der Waals surface area contributed by atoms with E-state index >= 15 is 0 Å². The van der Waals surface area contributed by atoms with Crippen molar-refractivity contribution in [3.8, 4) is 0 Å². The molecule has 4 rings (SSSR count). The Morgan fingerprint density at radius 3 is 1.52 bits per heavy atom. The van der Waals surface area contributed by atoms with Crippen molar-refractivity contribution in [2.75, 3.05) is 49.8 Å². The monoisotopic (exact) mass is 882 g/mol. The van der Waals surface area contributed by atoms with Crippen molar-refractivity contribution in [1.82, 2.24) is 10.6 Å². The molecule has 4 amide bonds. The highest BCUT2D eigenvalue weighted by atomic mass is 16.7. The number of urea groups is 2. The Bertz CT molecular complexity index is 1470. The number of amides is 4.